The molecule has 3 rings (SSSR count). The molecule has 0 radical (unpaired) electrons. The SMILES string of the molecule is Cn1ccnc1SCCC(=O)Nc1ccc(S(=O)(=O)Nc2ccccn2)cc1. The molecule has 10 heteroatoms. The first-order valence-electron chi connectivity index (χ1n) is 8.38. The van der Waals surface area contributed by atoms with Crippen molar-refractivity contribution >= 4 is 39.2 Å². The second-order valence-corrected chi connectivity index (χ2v) is 8.56. The zero-order valence-electron chi connectivity index (χ0n) is 15.1. The van der Waals surface area contributed by atoms with Gasteiger partial charge in [-0.3, -0.25) is 9.52 Å². The van der Waals surface area contributed by atoms with E-state index < -0.39 is 10.0 Å². The molecular formula is C18H19N5O3S2. The summed E-state index contributed by atoms with van der Waals surface area (Å²) in [5, 5.41) is 3.61. The average molecular weight is 418 g/mol. The van der Waals surface area contributed by atoms with Gasteiger partial charge in [-0.2, -0.15) is 0 Å². The van der Waals surface area contributed by atoms with Crippen molar-refractivity contribution in [3.63, 3.8) is 0 Å². The van der Waals surface area contributed by atoms with Gasteiger partial charge in [0.05, 0.1) is 4.90 Å². The lowest BCUT2D eigenvalue weighted by Crippen LogP contribution is -2.15. The topological polar surface area (TPSA) is 106 Å². The summed E-state index contributed by atoms with van der Waals surface area (Å²) in [6.07, 6.45) is 5.38. The first-order chi connectivity index (χ1) is 13.4. The zero-order valence-corrected chi connectivity index (χ0v) is 16.7. The van der Waals surface area contributed by atoms with Crippen LogP contribution in [0.1, 0.15) is 6.42 Å². The fourth-order valence-electron chi connectivity index (χ4n) is 2.29. The Morgan fingerprint density at radius 1 is 1.11 bits per heavy atom. The van der Waals surface area contributed by atoms with Gasteiger partial charge in [0.25, 0.3) is 10.0 Å². The summed E-state index contributed by atoms with van der Waals surface area (Å²) in [6, 6.07) is 10.9. The number of nitrogens with one attached hydrogen (secondary N) is 2. The molecule has 8 nitrogen and oxygen atoms in total. The fourth-order valence-corrected chi connectivity index (χ4v) is 4.16. The largest absolute Gasteiger partial charge is 0.329 e. The maximum absolute atomic E-state index is 12.4. The molecule has 2 heterocycles. The van der Waals surface area contributed by atoms with Gasteiger partial charge in [0.1, 0.15) is 5.82 Å². The van der Waals surface area contributed by atoms with E-state index in [-0.39, 0.29) is 16.6 Å². The number of sulfonamides is 1. The number of thioether (sulfide) groups is 1. The Hall–Kier alpha value is -2.85. The van der Waals surface area contributed by atoms with Crippen LogP contribution in [0.5, 0.6) is 0 Å². The second-order valence-electron chi connectivity index (χ2n) is 5.81. The highest BCUT2D eigenvalue weighted by atomic mass is 32.2. The van der Waals surface area contributed by atoms with Crippen molar-refractivity contribution in [2.24, 2.45) is 7.05 Å². The van der Waals surface area contributed by atoms with Crippen LogP contribution in [-0.2, 0) is 21.9 Å². The normalized spacial score (nSPS) is 11.2. The van der Waals surface area contributed by atoms with E-state index in [0.717, 1.165) is 5.16 Å². The molecule has 2 aromatic heterocycles. The zero-order chi connectivity index (χ0) is 20.0. The number of hydrogen-bond donors (Lipinski definition) is 2. The smallest absolute Gasteiger partial charge is 0.263 e. The van der Waals surface area contributed by atoms with E-state index in [1.807, 2.05) is 17.8 Å². The highest BCUT2D eigenvalue weighted by Crippen LogP contribution is 2.18. The van der Waals surface area contributed by atoms with Gasteiger partial charge in [-0.15, -0.1) is 0 Å². The predicted molar refractivity (Wildman–Crippen MR) is 109 cm³/mol. The molecule has 0 saturated heterocycles. The summed E-state index contributed by atoms with van der Waals surface area (Å²) < 4.78 is 29.0. The third-order valence-corrected chi connectivity index (χ3v) is 6.12. The number of pyridine rings is 1. The average Bonchev–Trinajstić information content (AvgIpc) is 3.07. The first kappa shape index (κ1) is 19.9. The number of amides is 1. The monoisotopic (exact) mass is 417 g/mol. The van der Waals surface area contributed by atoms with Crippen LogP contribution in [0.25, 0.3) is 0 Å². The quantitative estimate of drug-likeness (QED) is 0.546. The molecule has 0 unspecified atom stereocenters. The molecule has 0 spiro atoms. The molecule has 28 heavy (non-hydrogen) atoms. The Morgan fingerprint density at radius 2 is 1.89 bits per heavy atom. The third kappa shape index (κ3) is 5.33. The van der Waals surface area contributed by atoms with E-state index in [4.69, 9.17) is 0 Å². The lowest BCUT2D eigenvalue weighted by atomic mass is 10.3. The van der Waals surface area contributed by atoms with Gasteiger partial charge in [0.2, 0.25) is 5.91 Å². The van der Waals surface area contributed by atoms with E-state index in [1.165, 1.54) is 30.1 Å². The van der Waals surface area contributed by atoms with Crippen LogP contribution in [-0.4, -0.2) is 34.6 Å². The summed E-state index contributed by atoms with van der Waals surface area (Å²) >= 11 is 1.50. The summed E-state index contributed by atoms with van der Waals surface area (Å²) in [5.74, 6) is 0.686. The molecule has 0 atom stereocenters. The predicted octanol–water partition coefficient (Wildman–Crippen LogP) is 2.74. The van der Waals surface area contributed by atoms with Gasteiger partial charge in [0, 0.05) is 43.5 Å². The standard InChI is InChI=1S/C18H19N5O3S2/c1-23-12-11-20-18(23)27-13-9-17(24)21-14-5-7-15(8-6-14)28(25,26)22-16-4-2-3-10-19-16/h2-8,10-12H,9,13H2,1H3,(H,19,22)(H,21,24). The maximum Gasteiger partial charge on any atom is 0.263 e. The minimum Gasteiger partial charge on any atom is -0.329 e. The molecule has 0 aliphatic heterocycles. The third-order valence-electron chi connectivity index (χ3n) is 3.69. The molecule has 0 fully saturated rings. The highest BCUT2D eigenvalue weighted by Gasteiger charge is 2.15. The van der Waals surface area contributed by atoms with Gasteiger partial charge in [-0.1, -0.05) is 17.8 Å². The van der Waals surface area contributed by atoms with Crippen LogP contribution >= 0.6 is 11.8 Å². The number of anilines is 2. The van der Waals surface area contributed by atoms with Gasteiger partial charge in [-0.25, -0.2) is 18.4 Å². The number of carbonyl (C=O) groups excluding carboxylic acids is 1. The number of aryl methyl sites for hydroxylation is 1. The van der Waals surface area contributed by atoms with Crippen molar-refractivity contribution in [2.45, 2.75) is 16.5 Å². The van der Waals surface area contributed by atoms with Crippen molar-refractivity contribution in [3.05, 3.63) is 61.1 Å². The van der Waals surface area contributed by atoms with Crippen LogP contribution < -0.4 is 10.0 Å². The molecule has 0 bridgehead atoms. The summed E-state index contributed by atoms with van der Waals surface area (Å²) in [7, 11) is -1.84. The number of benzene rings is 1. The molecule has 2 N–H and O–H groups in total. The molecule has 0 aliphatic carbocycles. The van der Waals surface area contributed by atoms with Crippen molar-refractivity contribution < 1.29 is 13.2 Å². The Kier molecular flexibility index (Phi) is 6.32. The molecular weight excluding hydrogens is 398 g/mol. The van der Waals surface area contributed by atoms with Crippen LogP contribution in [0.3, 0.4) is 0 Å². The van der Waals surface area contributed by atoms with Crippen molar-refractivity contribution in [1.29, 1.82) is 0 Å². The molecule has 3 aromatic rings. The van der Waals surface area contributed by atoms with E-state index >= 15 is 0 Å². The Morgan fingerprint density at radius 3 is 2.54 bits per heavy atom. The maximum atomic E-state index is 12.4. The number of imidazole rings is 1. The van der Waals surface area contributed by atoms with E-state index in [2.05, 4.69) is 20.0 Å². The Balaban J connectivity index is 1.53. The number of rotatable bonds is 8. The van der Waals surface area contributed by atoms with Gasteiger partial charge < -0.3 is 9.88 Å². The van der Waals surface area contributed by atoms with E-state index in [0.29, 0.717) is 17.9 Å². The summed E-state index contributed by atoms with van der Waals surface area (Å²) in [5.41, 5.74) is 0.531. The fraction of sp³-hybridized carbons (Fsp3) is 0.167. The molecule has 0 aliphatic rings. The van der Waals surface area contributed by atoms with Crippen LogP contribution in [0.15, 0.2) is 71.1 Å². The second kappa shape index (κ2) is 8.89. The van der Waals surface area contributed by atoms with Crippen LogP contribution in [0.4, 0.5) is 11.5 Å². The Bertz CT molecular complexity index is 1030. The molecule has 146 valence electrons. The Labute approximate surface area is 167 Å². The highest BCUT2D eigenvalue weighted by molar-refractivity contribution is 7.99. The summed E-state index contributed by atoms with van der Waals surface area (Å²) in [6.45, 7) is 0. The number of nitrogens with zero attached hydrogens (tertiary/aromatic N) is 3. The summed E-state index contributed by atoms with van der Waals surface area (Å²) in [4.78, 5) is 20.3. The van der Waals surface area contributed by atoms with Gasteiger partial charge in [-0.05, 0) is 36.4 Å². The van der Waals surface area contributed by atoms with Crippen LogP contribution in [0.2, 0.25) is 0 Å². The van der Waals surface area contributed by atoms with Crippen LogP contribution in [0, 0.1) is 0 Å². The van der Waals surface area contributed by atoms with Gasteiger partial charge in [0.15, 0.2) is 5.16 Å². The number of aromatic nitrogens is 3. The lowest BCUT2D eigenvalue weighted by Gasteiger charge is -2.09. The van der Waals surface area contributed by atoms with Crippen molar-refractivity contribution in [1.82, 2.24) is 14.5 Å². The minimum atomic E-state index is -3.74. The van der Waals surface area contributed by atoms with E-state index in [1.54, 1.807) is 36.5 Å². The number of carbonyl (C=O) groups is 1. The van der Waals surface area contributed by atoms with E-state index in [9.17, 15) is 13.2 Å². The minimum absolute atomic E-state index is 0.0847. The first-order valence-corrected chi connectivity index (χ1v) is 10.8. The molecule has 1 amide bonds. The van der Waals surface area contributed by atoms with Crippen molar-refractivity contribution in [2.75, 3.05) is 15.8 Å². The molecule has 0 saturated carbocycles. The molecule has 1 aromatic carbocycles. The van der Waals surface area contributed by atoms with Crippen molar-refractivity contribution in [3.8, 4) is 0 Å². The van der Waals surface area contributed by atoms with Gasteiger partial charge >= 0.3 is 0 Å². The lowest BCUT2D eigenvalue weighted by molar-refractivity contribution is -0.115. The number of hydrogen-bond acceptors (Lipinski definition) is 6.